The highest BCUT2D eigenvalue weighted by Gasteiger charge is 2.29. The zero-order valence-electron chi connectivity index (χ0n) is 17.2. The van der Waals surface area contributed by atoms with E-state index in [1.807, 2.05) is 48.5 Å². The van der Waals surface area contributed by atoms with Gasteiger partial charge in [0.1, 0.15) is 4.99 Å². The Labute approximate surface area is 193 Å². The van der Waals surface area contributed by atoms with Gasteiger partial charge in [-0.05, 0) is 5.56 Å². The molecule has 0 aliphatic carbocycles. The number of hydrogen-bond donors (Lipinski definition) is 2. The maximum Gasteiger partial charge on any atom is 0.137 e. The molecule has 2 aromatic carbocycles. The highest BCUT2D eigenvalue weighted by molar-refractivity contribution is 7.83. The monoisotopic (exact) mass is 476 g/mol. The lowest BCUT2D eigenvalue weighted by Gasteiger charge is -2.01. The highest BCUT2D eigenvalue weighted by Crippen LogP contribution is 2.36. The normalized spacial score (nSPS) is 12.0. The Morgan fingerprint density at radius 2 is 1.23 bits per heavy atom. The summed E-state index contributed by atoms with van der Waals surface area (Å²) in [4.78, 5) is 8.59. The van der Waals surface area contributed by atoms with Gasteiger partial charge in [-0.1, -0.05) is 72.9 Å². The molecule has 0 amide bonds. The van der Waals surface area contributed by atoms with Crippen LogP contribution in [-0.2, 0) is 21.6 Å². The van der Waals surface area contributed by atoms with Crippen LogP contribution < -0.4 is 0 Å². The van der Waals surface area contributed by atoms with Crippen molar-refractivity contribution >= 4 is 57.1 Å². The van der Waals surface area contributed by atoms with E-state index in [-0.39, 0.29) is 0 Å². The van der Waals surface area contributed by atoms with Crippen molar-refractivity contribution in [2.45, 2.75) is 5.03 Å². The summed E-state index contributed by atoms with van der Waals surface area (Å²) in [6.45, 7) is 0. The number of H-pyrrole nitrogens is 1. The van der Waals surface area contributed by atoms with Crippen LogP contribution in [0.1, 0.15) is 16.7 Å². The number of nitrogens with one attached hydrogen (secondary N) is 1. The van der Waals surface area contributed by atoms with Crippen molar-refractivity contribution in [3.8, 4) is 11.3 Å². The zero-order valence-corrected chi connectivity index (χ0v) is 20.6. The van der Waals surface area contributed by atoms with E-state index in [2.05, 4.69) is 34.7 Å². The topological polar surface area (TPSA) is 62.3 Å². The highest BCUT2D eigenvalue weighted by atomic mass is 32.2. The summed E-state index contributed by atoms with van der Waals surface area (Å²) in [5, 5.41) is 0.802. The fourth-order valence-electron chi connectivity index (χ4n) is 2.77. The SMILES string of the molecule is CS(C)=O.CS(C)=O.S=C1N=C(c2ccccc2)c2c(S)[nH]c(-c3ccccc3)c21. The van der Waals surface area contributed by atoms with E-state index in [0.29, 0.717) is 4.99 Å². The summed E-state index contributed by atoms with van der Waals surface area (Å²) in [5.74, 6) is 0. The third kappa shape index (κ3) is 6.57. The molecule has 8 heteroatoms. The molecular formula is C22H24N2O2S4. The first kappa shape index (κ1) is 24.4. The summed E-state index contributed by atoms with van der Waals surface area (Å²) in [7, 11) is -1.22. The van der Waals surface area contributed by atoms with Crippen LogP contribution in [0.15, 0.2) is 70.7 Å². The van der Waals surface area contributed by atoms with Gasteiger partial charge in [0.2, 0.25) is 0 Å². The smallest absolute Gasteiger partial charge is 0.137 e. The Morgan fingerprint density at radius 3 is 1.70 bits per heavy atom. The molecule has 0 atom stereocenters. The van der Waals surface area contributed by atoms with Crippen LogP contribution in [0, 0.1) is 0 Å². The lowest BCUT2D eigenvalue weighted by atomic mass is 10.0. The lowest BCUT2D eigenvalue weighted by molar-refractivity contribution is 0.689. The number of fused-ring (bicyclic) bond motifs is 1. The minimum absolute atomic E-state index is 0.611. The minimum Gasteiger partial charge on any atom is -0.349 e. The van der Waals surface area contributed by atoms with Gasteiger partial charge in [0.25, 0.3) is 0 Å². The number of hydrogen-bond acceptors (Lipinski definition) is 4. The van der Waals surface area contributed by atoms with E-state index in [0.717, 1.165) is 38.7 Å². The largest absolute Gasteiger partial charge is 0.349 e. The molecule has 0 saturated carbocycles. The van der Waals surface area contributed by atoms with Crippen molar-refractivity contribution in [3.05, 3.63) is 77.4 Å². The summed E-state index contributed by atoms with van der Waals surface area (Å²) in [6, 6.07) is 20.2. The standard InChI is InChI=1S/C18H12N2S2.2C2H6OS/c21-17-13-14(16(20-17)12-9-5-2-6-10-12)18(22)19-15(13)11-7-3-1-4-8-11;2*1-4(2)3/h1-10,19,22H;2*1-2H3. The number of rotatable bonds is 2. The maximum atomic E-state index is 9.56. The number of aromatic amines is 1. The van der Waals surface area contributed by atoms with Gasteiger partial charge in [-0.15, -0.1) is 12.6 Å². The first-order valence-corrected chi connectivity index (χ1v) is 13.7. The van der Waals surface area contributed by atoms with Crippen LogP contribution in [0.4, 0.5) is 0 Å². The predicted octanol–water partition coefficient (Wildman–Crippen LogP) is 4.49. The second-order valence-electron chi connectivity index (χ2n) is 6.58. The second kappa shape index (κ2) is 11.5. The van der Waals surface area contributed by atoms with E-state index in [1.54, 1.807) is 25.0 Å². The maximum absolute atomic E-state index is 9.56. The Morgan fingerprint density at radius 1 is 0.800 bits per heavy atom. The Kier molecular flexibility index (Phi) is 9.36. The van der Waals surface area contributed by atoms with Gasteiger partial charge >= 0.3 is 0 Å². The number of aromatic nitrogens is 1. The quantitative estimate of drug-likeness (QED) is 0.423. The van der Waals surface area contributed by atoms with Crippen molar-refractivity contribution in [3.63, 3.8) is 0 Å². The third-order valence-electron chi connectivity index (χ3n) is 3.75. The number of thiocarbonyl (C=S) groups is 1. The van der Waals surface area contributed by atoms with Gasteiger partial charge < -0.3 is 4.98 Å². The summed E-state index contributed by atoms with van der Waals surface area (Å²) in [5.41, 5.74) is 6.00. The number of benzene rings is 2. The molecular weight excluding hydrogens is 453 g/mol. The molecule has 0 fully saturated rings. The molecule has 1 aliphatic rings. The van der Waals surface area contributed by atoms with Crippen molar-refractivity contribution in [2.24, 2.45) is 4.99 Å². The van der Waals surface area contributed by atoms with Crippen LogP contribution in [0.2, 0.25) is 0 Å². The molecule has 0 saturated heterocycles. The van der Waals surface area contributed by atoms with Crippen LogP contribution in [0.25, 0.3) is 11.3 Å². The molecule has 1 aliphatic heterocycles. The molecule has 3 aromatic rings. The van der Waals surface area contributed by atoms with Gasteiger partial charge in [-0.2, -0.15) is 0 Å². The first-order chi connectivity index (χ1) is 14.2. The molecule has 4 rings (SSSR count). The van der Waals surface area contributed by atoms with E-state index in [4.69, 9.17) is 12.2 Å². The van der Waals surface area contributed by atoms with Gasteiger partial charge in [0, 0.05) is 63.3 Å². The first-order valence-electron chi connectivity index (χ1n) is 8.91. The number of aliphatic imine (C=N–C) groups is 1. The molecule has 0 unspecified atom stereocenters. The van der Waals surface area contributed by atoms with Gasteiger partial charge in [-0.3, -0.25) is 8.42 Å². The molecule has 30 heavy (non-hydrogen) atoms. The summed E-state index contributed by atoms with van der Waals surface area (Å²) in [6.07, 6.45) is 6.56. The van der Waals surface area contributed by atoms with Crippen LogP contribution in [0.5, 0.6) is 0 Å². The fourth-order valence-corrected chi connectivity index (χ4v) is 3.40. The summed E-state index contributed by atoms with van der Waals surface area (Å²) >= 11 is 10.1. The molecule has 1 aromatic heterocycles. The van der Waals surface area contributed by atoms with Gasteiger partial charge in [0.15, 0.2) is 0 Å². The molecule has 0 bridgehead atoms. The molecule has 4 nitrogen and oxygen atoms in total. The predicted molar refractivity (Wildman–Crippen MR) is 137 cm³/mol. The van der Waals surface area contributed by atoms with Crippen molar-refractivity contribution in [1.29, 1.82) is 0 Å². The van der Waals surface area contributed by atoms with Crippen molar-refractivity contribution in [1.82, 2.24) is 4.98 Å². The van der Waals surface area contributed by atoms with Gasteiger partial charge in [-0.25, -0.2) is 4.99 Å². The van der Waals surface area contributed by atoms with Crippen molar-refractivity contribution in [2.75, 3.05) is 25.0 Å². The molecule has 0 radical (unpaired) electrons. The zero-order chi connectivity index (χ0) is 22.3. The number of thiol groups is 1. The van der Waals surface area contributed by atoms with E-state index < -0.39 is 21.6 Å². The molecule has 158 valence electrons. The average Bonchev–Trinajstić information content (AvgIpc) is 3.21. The minimum atomic E-state index is -0.611. The molecule has 2 heterocycles. The van der Waals surface area contributed by atoms with Crippen LogP contribution in [-0.4, -0.2) is 49.1 Å². The summed E-state index contributed by atoms with van der Waals surface area (Å²) < 4.78 is 19.1. The van der Waals surface area contributed by atoms with E-state index in [1.165, 1.54) is 0 Å². The molecule has 1 N–H and O–H groups in total. The fraction of sp³-hybridized carbons (Fsp3) is 0.182. The lowest BCUT2D eigenvalue weighted by Crippen LogP contribution is -1.99. The third-order valence-corrected chi connectivity index (χ3v) is 4.38. The Hall–Kier alpha value is -1.87. The Balaban J connectivity index is 0.000000347. The van der Waals surface area contributed by atoms with Crippen molar-refractivity contribution < 1.29 is 8.42 Å². The average molecular weight is 477 g/mol. The van der Waals surface area contributed by atoms with Crippen LogP contribution in [0.3, 0.4) is 0 Å². The number of nitrogens with zero attached hydrogens (tertiary/aromatic N) is 1. The van der Waals surface area contributed by atoms with Crippen LogP contribution >= 0.6 is 24.8 Å². The van der Waals surface area contributed by atoms with Gasteiger partial charge in [0.05, 0.1) is 16.4 Å². The molecule has 0 spiro atoms. The van der Waals surface area contributed by atoms with E-state index >= 15 is 0 Å². The Bertz CT molecular complexity index is 1070. The van der Waals surface area contributed by atoms with E-state index in [9.17, 15) is 8.42 Å². The second-order valence-corrected chi connectivity index (χ2v) is 10.4.